The van der Waals surface area contributed by atoms with Crippen LogP contribution in [0.4, 0.5) is 0 Å². The Morgan fingerprint density at radius 3 is 1.24 bits per heavy atom. The maximum absolute atomic E-state index is 13.2. The van der Waals surface area contributed by atoms with Crippen molar-refractivity contribution in [2.24, 2.45) is 0 Å². The van der Waals surface area contributed by atoms with Gasteiger partial charge in [0.15, 0.2) is 0 Å². The van der Waals surface area contributed by atoms with Gasteiger partial charge in [0.25, 0.3) is 0 Å². The van der Waals surface area contributed by atoms with Crippen LogP contribution in [0.2, 0.25) is 0 Å². The van der Waals surface area contributed by atoms with E-state index in [4.69, 9.17) is 4.74 Å². The van der Waals surface area contributed by atoms with Crippen LogP contribution in [-0.4, -0.2) is 46.9 Å². The number of amides is 1. The second-order valence-electron chi connectivity index (χ2n) is 19.7. The van der Waals surface area contributed by atoms with Crippen molar-refractivity contribution in [3.8, 4) is 0 Å². The molecule has 0 bridgehead atoms. The predicted octanol–water partition coefficient (Wildman–Crippen LogP) is 18.0. The van der Waals surface area contributed by atoms with Gasteiger partial charge >= 0.3 is 5.97 Å². The number of unbranched alkanes of at least 4 members (excludes halogenated alkanes) is 31. The number of carbonyl (C=O) groups excluding carboxylic acids is 2. The highest BCUT2D eigenvalue weighted by Crippen LogP contribution is 2.17. The van der Waals surface area contributed by atoms with Gasteiger partial charge in [-0.1, -0.05) is 261 Å². The Morgan fingerprint density at radius 2 is 0.791 bits per heavy atom. The van der Waals surface area contributed by atoms with Gasteiger partial charge in [0.05, 0.1) is 25.2 Å². The molecule has 390 valence electrons. The van der Waals surface area contributed by atoms with Crippen molar-refractivity contribution in [2.75, 3.05) is 6.61 Å². The van der Waals surface area contributed by atoms with Crippen molar-refractivity contribution in [1.29, 1.82) is 0 Å². The molecule has 0 aromatic carbocycles. The molecule has 3 N–H and O–H groups in total. The highest BCUT2D eigenvalue weighted by molar-refractivity contribution is 5.77. The molecule has 0 aromatic heterocycles. The van der Waals surface area contributed by atoms with E-state index >= 15 is 0 Å². The Labute approximate surface area is 416 Å². The van der Waals surface area contributed by atoms with Gasteiger partial charge in [-0.3, -0.25) is 9.59 Å². The topological polar surface area (TPSA) is 95.9 Å². The van der Waals surface area contributed by atoms with Crippen LogP contribution in [0, 0.1) is 0 Å². The molecular weight excluding hydrogens is 827 g/mol. The Bertz CT molecular complexity index is 1190. The van der Waals surface area contributed by atoms with Crippen molar-refractivity contribution >= 4 is 11.9 Å². The number of allylic oxidation sites excluding steroid dienone is 9. The van der Waals surface area contributed by atoms with Crippen LogP contribution in [0.1, 0.15) is 290 Å². The molecule has 0 fully saturated rings. The van der Waals surface area contributed by atoms with E-state index in [2.05, 4.69) is 80.8 Å². The molecule has 0 radical (unpaired) electrons. The van der Waals surface area contributed by atoms with E-state index in [0.29, 0.717) is 19.3 Å². The lowest BCUT2D eigenvalue weighted by molar-refractivity contribution is -0.150. The van der Waals surface area contributed by atoms with Crippen LogP contribution in [0.5, 0.6) is 0 Å². The molecule has 0 heterocycles. The fourth-order valence-corrected chi connectivity index (χ4v) is 8.64. The van der Waals surface area contributed by atoms with E-state index in [1.165, 1.54) is 180 Å². The molecule has 1 amide bonds. The zero-order chi connectivity index (χ0) is 48.8. The third-order valence-corrected chi connectivity index (χ3v) is 13.1. The number of nitrogens with one attached hydrogen (secondary N) is 1. The van der Waals surface area contributed by atoms with E-state index in [1.807, 2.05) is 6.08 Å². The monoisotopic (exact) mass is 938 g/mol. The predicted molar refractivity (Wildman–Crippen MR) is 292 cm³/mol. The number of aliphatic hydroxyl groups excluding tert-OH is 2. The largest absolute Gasteiger partial charge is 0.461 e. The molecule has 0 aliphatic heterocycles. The second kappa shape index (κ2) is 54.5. The SMILES string of the molecule is CCCCC/C=C\C/C=C\C/C=C\C/C=C\CC(CC(=O)NC(CO)C(O)CCCCCCCCCCCCCCCCC)OC(=O)CCCCCCC/C=C/CCCCCCCCCCC. The Morgan fingerprint density at radius 1 is 0.448 bits per heavy atom. The lowest BCUT2D eigenvalue weighted by Crippen LogP contribution is -2.46. The molecule has 67 heavy (non-hydrogen) atoms. The van der Waals surface area contributed by atoms with E-state index in [1.54, 1.807) is 0 Å². The van der Waals surface area contributed by atoms with Gasteiger partial charge in [-0.25, -0.2) is 0 Å². The summed E-state index contributed by atoms with van der Waals surface area (Å²) in [6.07, 6.45) is 68.7. The highest BCUT2D eigenvalue weighted by atomic mass is 16.5. The van der Waals surface area contributed by atoms with E-state index in [9.17, 15) is 19.8 Å². The number of ether oxygens (including phenoxy) is 1. The summed E-state index contributed by atoms with van der Waals surface area (Å²) in [5.74, 6) is -0.578. The Balaban J connectivity index is 4.65. The molecule has 0 saturated carbocycles. The summed E-state index contributed by atoms with van der Waals surface area (Å²) in [6, 6.07) is -0.734. The summed E-state index contributed by atoms with van der Waals surface area (Å²) >= 11 is 0. The molecule has 0 saturated heterocycles. The maximum atomic E-state index is 13.2. The maximum Gasteiger partial charge on any atom is 0.306 e. The van der Waals surface area contributed by atoms with Gasteiger partial charge < -0.3 is 20.3 Å². The third kappa shape index (κ3) is 49.8. The molecule has 3 atom stereocenters. The highest BCUT2D eigenvalue weighted by Gasteiger charge is 2.23. The molecule has 6 nitrogen and oxygen atoms in total. The molecule has 3 unspecified atom stereocenters. The number of rotatable bonds is 52. The first-order chi connectivity index (χ1) is 33.0. The van der Waals surface area contributed by atoms with Gasteiger partial charge in [-0.2, -0.15) is 0 Å². The number of carbonyl (C=O) groups is 2. The van der Waals surface area contributed by atoms with E-state index < -0.39 is 18.2 Å². The molecule has 0 spiro atoms. The van der Waals surface area contributed by atoms with Crippen LogP contribution in [-0.2, 0) is 14.3 Å². The quantitative estimate of drug-likeness (QED) is 0.0321. The molecule has 0 aliphatic rings. The van der Waals surface area contributed by atoms with Crippen LogP contribution in [0.15, 0.2) is 60.8 Å². The first kappa shape index (κ1) is 64.6. The van der Waals surface area contributed by atoms with Crippen LogP contribution in [0.3, 0.4) is 0 Å². The summed E-state index contributed by atoms with van der Waals surface area (Å²) in [7, 11) is 0. The van der Waals surface area contributed by atoms with Gasteiger partial charge in [0, 0.05) is 12.8 Å². The first-order valence-corrected chi connectivity index (χ1v) is 29.0. The lowest BCUT2D eigenvalue weighted by atomic mass is 10.0. The fraction of sp³-hybridized carbons (Fsp3) is 0.803. The van der Waals surface area contributed by atoms with Gasteiger partial charge in [-0.05, 0) is 70.6 Å². The van der Waals surface area contributed by atoms with Crippen LogP contribution in [0.25, 0.3) is 0 Å². The fourth-order valence-electron chi connectivity index (χ4n) is 8.64. The van der Waals surface area contributed by atoms with Gasteiger partial charge in [0.1, 0.15) is 6.10 Å². The minimum absolute atomic E-state index is 0.00140. The Hall–Kier alpha value is -2.44. The van der Waals surface area contributed by atoms with Crippen LogP contribution >= 0.6 is 0 Å². The van der Waals surface area contributed by atoms with Crippen LogP contribution < -0.4 is 5.32 Å². The molecule has 0 rings (SSSR count). The summed E-state index contributed by atoms with van der Waals surface area (Å²) in [5, 5.41) is 23.8. The van der Waals surface area contributed by atoms with Crippen molar-refractivity contribution in [2.45, 2.75) is 309 Å². The summed E-state index contributed by atoms with van der Waals surface area (Å²) < 4.78 is 5.89. The summed E-state index contributed by atoms with van der Waals surface area (Å²) in [6.45, 7) is 6.45. The average molecular weight is 939 g/mol. The van der Waals surface area contributed by atoms with E-state index in [-0.39, 0.29) is 24.9 Å². The Kier molecular flexibility index (Phi) is 52.5. The summed E-state index contributed by atoms with van der Waals surface area (Å²) in [4.78, 5) is 26.2. The molecule has 6 heteroatoms. The van der Waals surface area contributed by atoms with Gasteiger partial charge in [-0.15, -0.1) is 0 Å². The van der Waals surface area contributed by atoms with Crippen molar-refractivity contribution in [1.82, 2.24) is 5.32 Å². The minimum atomic E-state index is -0.814. The summed E-state index contributed by atoms with van der Waals surface area (Å²) in [5.41, 5.74) is 0. The zero-order valence-electron chi connectivity index (χ0n) is 44.5. The molecule has 0 aromatic rings. The first-order valence-electron chi connectivity index (χ1n) is 29.0. The molecule has 0 aliphatic carbocycles. The standard InChI is InChI=1S/C61H111NO5/c1-4-7-10-13-16-19-22-25-28-29-30-33-36-39-42-45-48-51-54-61(66)67-57(52-49-46-43-40-37-34-31-26-23-20-17-14-11-8-5-2)55-60(65)62-58(56-63)59(64)53-50-47-44-41-38-35-32-27-24-21-18-15-12-9-6-3/h17,20,26,30-31,33,37,40,46,49,57-59,63-64H,4-16,18-19,21-25,27-29,32,34-36,38-39,41-45,47-48,50-56H2,1-3H3,(H,62,65)/b20-17-,31-26-,33-30+,40-37-,49-46-. The number of aliphatic hydroxyl groups is 2. The average Bonchev–Trinajstić information content (AvgIpc) is 3.32. The number of hydrogen-bond donors (Lipinski definition) is 3. The third-order valence-electron chi connectivity index (χ3n) is 13.1. The molecular formula is C61H111NO5. The van der Waals surface area contributed by atoms with Crippen molar-refractivity contribution in [3.63, 3.8) is 0 Å². The number of esters is 1. The van der Waals surface area contributed by atoms with Crippen molar-refractivity contribution in [3.05, 3.63) is 60.8 Å². The minimum Gasteiger partial charge on any atom is -0.461 e. The lowest BCUT2D eigenvalue weighted by Gasteiger charge is -2.24. The zero-order valence-corrected chi connectivity index (χ0v) is 44.5. The van der Waals surface area contributed by atoms with E-state index in [0.717, 1.165) is 64.2 Å². The normalized spacial score (nSPS) is 13.6. The number of hydrogen-bond acceptors (Lipinski definition) is 5. The second-order valence-corrected chi connectivity index (χ2v) is 19.7. The smallest absolute Gasteiger partial charge is 0.306 e. The van der Waals surface area contributed by atoms with Crippen molar-refractivity contribution < 1.29 is 24.5 Å². The van der Waals surface area contributed by atoms with Gasteiger partial charge in [0.2, 0.25) is 5.91 Å².